The lowest BCUT2D eigenvalue weighted by atomic mass is 10.0. The predicted molar refractivity (Wildman–Crippen MR) is 335 cm³/mol. The van der Waals surface area contributed by atoms with Crippen LogP contribution in [-0.2, 0) is 65.4 Å². The molecule has 3 N–H and O–H groups in total. The first-order valence-corrected chi connectivity index (χ1v) is 37.1. The predicted octanol–water partition coefficient (Wildman–Crippen LogP) is 18.2. The van der Waals surface area contributed by atoms with Gasteiger partial charge in [0, 0.05) is 25.7 Å². The molecule has 0 saturated heterocycles. The molecule has 19 heteroatoms. The van der Waals surface area contributed by atoms with Gasteiger partial charge in [0.2, 0.25) is 0 Å². The van der Waals surface area contributed by atoms with E-state index >= 15 is 0 Å². The number of aliphatic hydroxyl groups is 1. The van der Waals surface area contributed by atoms with E-state index in [9.17, 15) is 43.2 Å². The van der Waals surface area contributed by atoms with Crippen molar-refractivity contribution in [2.24, 2.45) is 5.92 Å². The maximum absolute atomic E-state index is 13.0. The van der Waals surface area contributed by atoms with Crippen LogP contribution in [0.4, 0.5) is 0 Å². The second kappa shape index (κ2) is 58.7. The van der Waals surface area contributed by atoms with Crippen molar-refractivity contribution in [3.63, 3.8) is 0 Å². The number of hydrogen-bond acceptors (Lipinski definition) is 15. The van der Waals surface area contributed by atoms with Crippen molar-refractivity contribution in [1.29, 1.82) is 0 Å². The van der Waals surface area contributed by atoms with Gasteiger partial charge in [-0.05, 0) is 31.6 Å². The van der Waals surface area contributed by atoms with Crippen molar-refractivity contribution in [3.05, 3.63) is 0 Å². The zero-order chi connectivity index (χ0) is 62.0. The number of aliphatic hydroxyl groups excluding tert-OH is 1. The molecule has 0 aliphatic carbocycles. The summed E-state index contributed by atoms with van der Waals surface area (Å²) in [5, 5.41) is 10.5. The standard InChI is InChI=1S/C65H126O17P2/c1-6-9-12-15-17-19-21-23-27-30-34-39-44-49-63(68)76-55-61(82-65(70)51-46-41-36-32-28-24-25-29-33-38-42-47-58(4)5)57-80-84(73,74)78-53-59(66)52-77-83(71,72)79-56-60(54-75-62(67)48-43-37-14-11-8-3)81-64(69)50-45-40-35-31-26-22-20-18-16-13-10-7-2/h58-61,66H,6-57H2,1-5H3,(H,71,72)(H,73,74)/t59-,60+,61+/m0/s1. The normalized spacial score (nSPS) is 14.2. The maximum atomic E-state index is 13.0. The number of esters is 4. The zero-order valence-electron chi connectivity index (χ0n) is 54.0. The molecule has 0 rings (SSSR count). The third kappa shape index (κ3) is 59.0. The van der Waals surface area contributed by atoms with E-state index in [4.69, 9.17) is 37.0 Å². The van der Waals surface area contributed by atoms with Gasteiger partial charge in [-0.15, -0.1) is 0 Å². The highest BCUT2D eigenvalue weighted by atomic mass is 31.2. The number of phosphoric ester groups is 2. The van der Waals surface area contributed by atoms with Gasteiger partial charge in [0.1, 0.15) is 19.3 Å². The van der Waals surface area contributed by atoms with E-state index in [1.54, 1.807) is 0 Å². The number of hydrogen-bond donors (Lipinski definition) is 3. The monoisotopic (exact) mass is 1240 g/mol. The van der Waals surface area contributed by atoms with Crippen LogP contribution in [0.3, 0.4) is 0 Å². The molecule has 0 radical (unpaired) electrons. The smallest absolute Gasteiger partial charge is 0.462 e. The van der Waals surface area contributed by atoms with Crippen LogP contribution in [0.2, 0.25) is 0 Å². The Morgan fingerprint density at radius 2 is 0.548 bits per heavy atom. The first kappa shape index (κ1) is 82.1. The van der Waals surface area contributed by atoms with Crippen LogP contribution >= 0.6 is 15.6 Å². The lowest BCUT2D eigenvalue weighted by molar-refractivity contribution is -0.161. The molecule has 0 bridgehead atoms. The largest absolute Gasteiger partial charge is 0.472 e. The first-order valence-electron chi connectivity index (χ1n) is 34.1. The molecule has 0 saturated carbocycles. The highest BCUT2D eigenvalue weighted by Gasteiger charge is 2.30. The van der Waals surface area contributed by atoms with Gasteiger partial charge in [0.25, 0.3) is 0 Å². The lowest BCUT2D eigenvalue weighted by Gasteiger charge is -2.21. The molecule has 0 heterocycles. The van der Waals surface area contributed by atoms with Gasteiger partial charge in [-0.1, -0.05) is 279 Å². The summed E-state index contributed by atoms with van der Waals surface area (Å²) in [6.45, 7) is 7.13. The fraction of sp³-hybridized carbons (Fsp3) is 0.938. The molecule has 0 aromatic rings. The summed E-state index contributed by atoms with van der Waals surface area (Å²) in [5.41, 5.74) is 0. The van der Waals surface area contributed by atoms with Crippen LogP contribution < -0.4 is 0 Å². The van der Waals surface area contributed by atoms with Crippen molar-refractivity contribution < 1.29 is 80.2 Å². The van der Waals surface area contributed by atoms with Crippen LogP contribution in [-0.4, -0.2) is 96.7 Å². The molecule has 0 aliphatic heterocycles. The average Bonchev–Trinajstić information content (AvgIpc) is 3.58. The molecule has 0 spiro atoms. The Kier molecular flexibility index (Phi) is 57.4. The van der Waals surface area contributed by atoms with E-state index in [0.717, 1.165) is 102 Å². The lowest BCUT2D eigenvalue weighted by Crippen LogP contribution is -2.30. The summed E-state index contributed by atoms with van der Waals surface area (Å²) in [4.78, 5) is 72.1. The Morgan fingerprint density at radius 3 is 0.810 bits per heavy atom. The van der Waals surface area contributed by atoms with Crippen molar-refractivity contribution in [2.45, 2.75) is 348 Å². The Bertz CT molecular complexity index is 1640. The molecule has 17 nitrogen and oxygen atoms in total. The molecule has 0 aliphatic rings. The van der Waals surface area contributed by atoms with Gasteiger partial charge in [0.05, 0.1) is 26.4 Å². The highest BCUT2D eigenvalue weighted by molar-refractivity contribution is 7.47. The first-order chi connectivity index (χ1) is 40.5. The molecule has 5 atom stereocenters. The topological polar surface area (TPSA) is 237 Å². The summed E-state index contributed by atoms with van der Waals surface area (Å²) in [7, 11) is -9.88. The molecule has 84 heavy (non-hydrogen) atoms. The maximum Gasteiger partial charge on any atom is 0.472 e. The molecule has 498 valence electrons. The van der Waals surface area contributed by atoms with E-state index in [0.29, 0.717) is 25.7 Å². The zero-order valence-corrected chi connectivity index (χ0v) is 55.8. The number of unbranched alkanes of at least 4 members (excludes halogenated alkanes) is 37. The summed E-state index contributed by atoms with van der Waals surface area (Å²) in [6, 6.07) is 0. The second-order valence-electron chi connectivity index (χ2n) is 24.0. The fourth-order valence-electron chi connectivity index (χ4n) is 9.76. The molecule has 2 unspecified atom stereocenters. The molecule has 0 fully saturated rings. The van der Waals surface area contributed by atoms with Crippen LogP contribution in [0.1, 0.15) is 330 Å². The Balaban J connectivity index is 5.17. The van der Waals surface area contributed by atoms with Gasteiger partial charge < -0.3 is 33.8 Å². The van der Waals surface area contributed by atoms with E-state index in [2.05, 4.69) is 34.6 Å². The van der Waals surface area contributed by atoms with E-state index in [-0.39, 0.29) is 25.7 Å². The quantitative estimate of drug-likeness (QED) is 0.0222. The number of carbonyl (C=O) groups is 4. The Morgan fingerprint density at radius 1 is 0.321 bits per heavy atom. The van der Waals surface area contributed by atoms with Gasteiger partial charge in [-0.25, -0.2) is 9.13 Å². The molecular formula is C65H126O17P2. The summed E-state index contributed by atoms with van der Waals surface area (Å²) in [6.07, 6.45) is 43.3. The van der Waals surface area contributed by atoms with Crippen molar-refractivity contribution >= 4 is 39.5 Å². The van der Waals surface area contributed by atoms with Crippen LogP contribution in [0, 0.1) is 5.92 Å². The van der Waals surface area contributed by atoms with Crippen molar-refractivity contribution in [2.75, 3.05) is 39.6 Å². The third-order valence-electron chi connectivity index (χ3n) is 15.0. The van der Waals surface area contributed by atoms with Crippen LogP contribution in [0.5, 0.6) is 0 Å². The number of ether oxygens (including phenoxy) is 4. The molecular weight excluding hydrogens is 1110 g/mol. The average molecular weight is 1240 g/mol. The van der Waals surface area contributed by atoms with E-state index < -0.39 is 97.5 Å². The van der Waals surface area contributed by atoms with Crippen LogP contribution in [0.25, 0.3) is 0 Å². The minimum atomic E-state index is -4.94. The van der Waals surface area contributed by atoms with Crippen LogP contribution in [0.15, 0.2) is 0 Å². The van der Waals surface area contributed by atoms with Gasteiger partial charge >= 0.3 is 39.5 Å². The highest BCUT2D eigenvalue weighted by Crippen LogP contribution is 2.45. The third-order valence-corrected chi connectivity index (χ3v) is 16.9. The van der Waals surface area contributed by atoms with Gasteiger partial charge in [0.15, 0.2) is 12.2 Å². The van der Waals surface area contributed by atoms with Crippen molar-refractivity contribution in [1.82, 2.24) is 0 Å². The number of rotatable bonds is 65. The second-order valence-corrected chi connectivity index (χ2v) is 26.9. The Labute approximate surface area is 511 Å². The number of phosphoric acid groups is 2. The van der Waals surface area contributed by atoms with Crippen molar-refractivity contribution in [3.8, 4) is 0 Å². The molecule has 0 aromatic carbocycles. The SMILES string of the molecule is CCCCCCCCCCCCCCCC(=O)OC[C@H](COP(=O)(O)OC[C@@H](O)COP(=O)(O)OC[C@@H](COC(=O)CCCCCCC)OC(=O)CCCCCCCCCCCCCC)OC(=O)CCCCCCCCCCCCCC(C)C. The summed E-state index contributed by atoms with van der Waals surface area (Å²) < 4.78 is 67.9. The molecule has 0 amide bonds. The fourth-order valence-corrected chi connectivity index (χ4v) is 11.3. The van der Waals surface area contributed by atoms with E-state index in [1.165, 1.54) is 148 Å². The molecule has 0 aromatic heterocycles. The van der Waals surface area contributed by atoms with E-state index in [1.807, 2.05) is 0 Å². The minimum Gasteiger partial charge on any atom is -0.462 e. The van der Waals surface area contributed by atoms with Gasteiger partial charge in [-0.2, -0.15) is 0 Å². The number of carbonyl (C=O) groups excluding carboxylic acids is 4. The summed E-state index contributed by atoms with van der Waals surface area (Å²) >= 11 is 0. The Hall–Kier alpha value is -1.94. The summed E-state index contributed by atoms with van der Waals surface area (Å²) in [5.74, 6) is -1.37. The van der Waals surface area contributed by atoms with Gasteiger partial charge in [-0.3, -0.25) is 37.3 Å². The minimum absolute atomic E-state index is 0.106.